The number of aliphatic hydroxyl groups excluding tert-OH is 1. The van der Waals surface area contributed by atoms with Crippen LogP contribution in [-0.2, 0) is 11.2 Å². The number of rotatable bonds is 8. The average Bonchev–Trinajstić information content (AvgIpc) is 2.44. The molecule has 1 aromatic carbocycles. The molecule has 0 aromatic heterocycles. The van der Waals surface area contributed by atoms with Crippen LogP contribution in [0.1, 0.15) is 38.7 Å². The second-order valence-corrected chi connectivity index (χ2v) is 6.43. The lowest BCUT2D eigenvalue weighted by Crippen LogP contribution is -2.31. The second kappa shape index (κ2) is 9.06. The molecule has 2 N–H and O–H groups in total. The van der Waals surface area contributed by atoms with Crippen molar-refractivity contribution in [3.8, 4) is 0 Å². The molecule has 0 aliphatic rings. The summed E-state index contributed by atoms with van der Waals surface area (Å²) in [7, 11) is 1.65. The topological polar surface area (TPSA) is 49.3 Å². The Labute approximate surface area is 132 Å². The summed E-state index contributed by atoms with van der Waals surface area (Å²) >= 11 is 5.85. The van der Waals surface area contributed by atoms with E-state index in [1.54, 1.807) is 7.05 Å². The lowest BCUT2D eigenvalue weighted by molar-refractivity contribution is -0.126. The summed E-state index contributed by atoms with van der Waals surface area (Å²) < 4.78 is 0. The molecule has 1 amide bonds. The molecule has 0 saturated heterocycles. The molecule has 21 heavy (non-hydrogen) atoms. The van der Waals surface area contributed by atoms with Crippen molar-refractivity contribution in [3.05, 3.63) is 34.9 Å². The highest BCUT2D eigenvalue weighted by atomic mass is 35.5. The van der Waals surface area contributed by atoms with Crippen LogP contribution in [0.3, 0.4) is 0 Å². The lowest BCUT2D eigenvalue weighted by Gasteiger charge is -2.20. The minimum atomic E-state index is -0.457. The third-order valence-electron chi connectivity index (χ3n) is 3.61. The van der Waals surface area contributed by atoms with Crippen molar-refractivity contribution in [1.29, 1.82) is 0 Å². The van der Waals surface area contributed by atoms with Gasteiger partial charge in [0.1, 0.15) is 0 Å². The van der Waals surface area contributed by atoms with Gasteiger partial charge in [-0.3, -0.25) is 4.79 Å². The number of halogens is 1. The van der Waals surface area contributed by atoms with Crippen LogP contribution in [0.5, 0.6) is 0 Å². The first kappa shape index (κ1) is 18.0. The van der Waals surface area contributed by atoms with E-state index in [4.69, 9.17) is 11.6 Å². The van der Waals surface area contributed by atoms with E-state index in [-0.39, 0.29) is 11.8 Å². The lowest BCUT2D eigenvalue weighted by atomic mass is 9.89. The van der Waals surface area contributed by atoms with Crippen LogP contribution in [0.25, 0.3) is 0 Å². The maximum absolute atomic E-state index is 11.9. The van der Waals surface area contributed by atoms with Crippen LogP contribution in [0.15, 0.2) is 24.3 Å². The monoisotopic (exact) mass is 311 g/mol. The molecular formula is C17H26ClNO2. The molecule has 3 nitrogen and oxygen atoms in total. The number of aliphatic hydroxyl groups is 1. The minimum absolute atomic E-state index is 0.0224. The Kier molecular flexibility index (Phi) is 7.76. The predicted octanol–water partition coefficient (Wildman–Crippen LogP) is 3.43. The number of hydrogen-bond acceptors (Lipinski definition) is 2. The summed E-state index contributed by atoms with van der Waals surface area (Å²) in [6.45, 7) is 4.19. The second-order valence-electron chi connectivity index (χ2n) is 6.00. The molecule has 0 spiro atoms. The Morgan fingerprint density at radius 1 is 1.24 bits per heavy atom. The van der Waals surface area contributed by atoms with E-state index in [9.17, 15) is 9.90 Å². The smallest absolute Gasteiger partial charge is 0.222 e. The van der Waals surface area contributed by atoms with Crippen molar-refractivity contribution in [3.63, 3.8) is 0 Å². The largest absolute Gasteiger partial charge is 0.393 e. The highest BCUT2D eigenvalue weighted by Gasteiger charge is 2.22. The summed E-state index contributed by atoms with van der Waals surface area (Å²) in [6, 6.07) is 7.66. The number of nitrogens with one attached hydrogen (secondary N) is 1. The fourth-order valence-corrected chi connectivity index (χ4v) is 2.64. The molecule has 0 aliphatic carbocycles. The first-order chi connectivity index (χ1) is 9.92. The number of carbonyl (C=O) groups excluding carboxylic acids is 1. The number of amides is 1. The van der Waals surface area contributed by atoms with Gasteiger partial charge in [-0.2, -0.15) is 0 Å². The molecule has 118 valence electrons. The molecule has 1 aromatic rings. The van der Waals surface area contributed by atoms with Crippen molar-refractivity contribution in [1.82, 2.24) is 5.32 Å². The van der Waals surface area contributed by atoms with Crippen molar-refractivity contribution in [2.45, 2.75) is 45.6 Å². The summed E-state index contributed by atoms with van der Waals surface area (Å²) in [4.78, 5) is 11.9. The van der Waals surface area contributed by atoms with Gasteiger partial charge in [0, 0.05) is 18.0 Å². The Hall–Kier alpha value is -1.06. The molecule has 0 aliphatic heterocycles. The molecule has 0 saturated carbocycles. The first-order valence-electron chi connectivity index (χ1n) is 7.56. The molecule has 0 bridgehead atoms. The average molecular weight is 312 g/mol. The van der Waals surface area contributed by atoms with E-state index >= 15 is 0 Å². The predicted molar refractivity (Wildman–Crippen MR) is 87.4 cm³/mol. The van der Waals surface area contributed by atoms with Crippen molar-refractivity contribution >= 4 is 17.5 Å². The number of benzene rings is 1. The summed E-state index contributed by atoms with van der Waals surface area (Å²) in [5.41, 5.74) is 1.15. The standard InChI is InChI=1S/C17H26ClNO2/c1-12(2)10-14(17(21)19-3)11-16(20)9-6-13-4-7-15(18)8-5-13/h4-5,7-8,12,14,16,20H,6,9-11H2,1-3H3,(H,19,21)/t14-,16+/m1/s1. The molecule has 0 radical (unpaired) electrons. The van der Waals surface area contributed by atoms with Crippen LogP contribution in [0.4, 0.5) is 0 Å². The number of carbonyl (C=O) groups is 1. The fraction of sp³-hybridized carbons (Fsp3) is 0.588. The van der Waals surface area contributed by atoms with E-state index in [1.807, 2.05) is 24.3 Å². The van der Waals surface area contributed by atoms with E-state index in [0.717, 1.165) is 23.4 Å². The van der Waals surface area contributed by atoms with Gasteiger partial charge in [-0.05, 0) is 49.3 Å². The van der Waals surface area contributed by atoms with Crippen molar-refractivity contribution in [2.75, 3.05) is 7.05 Å². The van der Waals surface area contributed by atoms with Gasteiger partial charge in [-0.1, -0.05) is 37.6 Å². The van der Waals surface area contributed by atoms with Crippen LogP contribution in [-0.4, -0.2) is 24.2 Å². The zero-order valence-electron chi connectivity index (χ0n) is 13.1. The van der Waals surface area contributed by atoms with E-state index in [0.29, 0.717) is 18.8 Å². The van der Waals surface area contributed by atoms with Gasteiger partial charge in [0.05, 0.1) is 6.10 Å². The van der Waals surface area contributed by atoms with E-state index in [2.05, 4.69) is 19.2 Å². The van der Waals surface area contributed by atoms with Crippen LogP contribution in [0.2, 0.25) is 5.02 Å². The molecule has 1 rings (SSSR count). The molecular weight excluding hydrogens is 286 g/mol. The first-order valence-corrected chi connectivity index (χ1v) is 7.94. The van der Waals surface area contributed by atoms with Crippen LogP contribution >= 0.6 is 11.6 Å². The summed E-state index contributed by atoms with van der Waals surface area (Å²) in [5.74, 6) is 0.347. The molecule has 0 fully saturated rings. The normalized spacial score (nSPS) is 14.0. The Balaban J connectivity index is 2.47. The zero-order chi connectivity index (χ0) is 15.8. The Morgan fingerprint density at radius 3 is 2.38 bits per heavy atom. The van der Waals surface area contributed by atoms with E-state index in [1.165, 1.54) is 0 Å². The number of hydrogen-bond donors (Lipinski definition) is 2. The highest BCUT2D eigenvalue weighted by Crippen LogP contribution is 2.20. The SMILES string of the molecule is CNC(=O)[C@H](CC(C)C)C[C@@H](O)CCc1ccc(Cl)cc1. The van der Waals surface area contributed by atoms with Crippen molar-refractivity contribution < 1.29 is 9.90 Å². The highest BCUT2D eigenvalue weighted by molar-refractivity contribution is 6.30. The fourth-order valence-electron chi connectivity index (χ4n) is 2.51. The Bertz CT molecular complexity index is 431. The third-order valence-corrected chi connectivity index (χ3v) is 3.86. The third kappa shape index (κ3) is 6.96. The molecule has 2 atom stereocenters. The van der Waals surface area contributed by atoms with Gasteiger partial charge < -0.3 is 10.4 Å². The Morgan fingerprint density at radius 2 is 1.86 bits per heavy atom. The van der Waals surface area contributed by atoms with Gasteiger partial charge in [0.15, 0.2) is 0 Å². The van der Waals surface area contributed by atoms with Gasteiger partial charge in [-0.25, -0.2) is 0 Å². The molecule has 0 unspecified atom stereocenters. The maximum atomic E-state index is 11.9. The molecule has 0 heterocycles. The summed E-state index contributed by atoms with van der Waals surface area (Å²) in [6.07, 6.45) is 2.32. The van der Waals surface area contributed by atoms with Gasteiger partial charge >= 0.3 is 0 Å². The summed E-state index contributed by atoms with van der Waals surface area (Å²) in [5, 5.41) is 13.6. The zero-order valence-corrected chi connectivity index (χ0v) is 13.9. The maximum Gasteiger partial charge on any atom is 0.222 e. The van der Waals surface area contributed by atoms with Crippen LogP contribution in [0, 0.1) is 11.8 Å². The minimum Gasteiger partial charge on any atom is -0.393 e. The van der Waals surface area contributed by atoms with Gasteiger partial charge in [0.2, 0.25) is 5.91 Å². The van der Waals surface area contributed by atoms with Crippen LogP contribution < -0.4 is 5.32 Å². The quantitative estimate of drug-likeness (QED) is 0.772. The van der Waals surface area contributed by atoms with E-state index < -0.39 is 6.10 Å². The van der Waals surface area contributed by atoms with Crippen molar-refractivity contribution in [2.24, 2.45) is 11.8 Å². The number of aryl methyl sites for hydroxylation is 1. The van der Waals surface area contributed by atoms with Gasteiger partial charge in [-0.15, -0.1) is 0 Å². The molecule has 4 heteroatoms. The van der Waals surface area contributed by atoms with Gasteiger partial charge in [0.25, 0.3) is 0 Å².